The van der Waals surface area contributed by atoms with E-state index in [0.717, 1.165) is 17.5 Å². The predicted molar refractivity (Wildman–Crippen MR) is 123 cm³/mol. The number of carbonyl (C=O) groups excluding carboxylic acids is 1. The van der Waals surface area contributed by atoms with E-state index in [2.05, 4.69) is 10.0 Å². The molecule has 0 aliphatic heterocycles. The number of aryl methyl sites for hydroxylation is 2. The Bertz CT molecular complexity index is 1160. The van der Waals surface area contributed by atoms with Crippen LogP contribution in [0.3, 0.4) is 0 Å². The van der Waals surface area contributed by atoms with Crippen LogP contribution >= 0.6 is 0 Å². The summed E-state index contributed by atoms with van der Waals surface area (Å²) in [6, 6.07) is 18.4. The minimum absolute atomic E-state index is 0.114. The van der Waals surface area contributed by atoms with Gasteiger partial charge in [0.25, 0.3) is 15.9 Å². The fourth-order valence-corrected chi connectivity index (χ4v) is 4.11. The quantitative estimate of drug-likeness (QED) is 0.510. The second-order valence-electron chi connectivity index (χ2n) is 7.28. The van der Waals surface area contributed by atoms with Gasteiger partial charge in [-0.15, -0.1) is 0 Å². The monoisotopic (exact) mass is 438 g/mol. The molecule has 3 aromatic rings. The van der Waals surface area contributed by atoms with Gasteiger partial charge in [0.15, 0.2) is 0 Å². The molecule has 3 aromatic carbocycles. The van der Waals surface area contributed by atoms with Crippen molar-refractivity contribution in [2.45, 2.75) is 32.1 Å². The minimum atomic E-state index is -3.74. The van der Waals surface area contributed by atoms with Gasteiger partial charge in [0.1, 0.15) is 5.75 Å². The maximum absolute atomic E-state index is 12.7. The van der Waals surface area contributed by atoms with Crippen LogP contribution in [0.5, 0.6) is 5.75 Å². The van der Waals surface area contributed by atoms with Crippen molar-refractivity contribution in [3.8, 4) is 5.75 Å². The van der Waals surface area contributed by atoms with E-state index in [1.807, 2.05) is 32.9 Å². The number of benzene rings is 3. The van der Waals surface area contributed by atoms with E-state index in [4.69, 9.17) is 4.74 Å². The van der Waals surface area contributed by atoms with Crippen LogP contribution in [-0.4, -0.2) is 20.9 Å². The van der Waals surface area contributed by atoms with E-state index in [1.165, 1.54) is 12.1 Å². The van der Waals surface area contributed by atoms with Crippen LogP contribution < -0.4 is 14.8 Å². The molecule has 0 aliphatic carbocycles. The Morgan fingerprint density at radius 2 is 1.61 bits per heavy atom. The molecule has 0 spiro atoms. The number of amides is 1. The van der Waals surface area contributed by atoms with Crippen molar-refractivity contribution in [1.29, 1.82) is 0 Å². The molecule has 6 nitrogen and oxygen atoms in total. The second kappa shape index (κ2) is 9.66. The summed E-state index contributed by atoms with van der Waals surface area (Å²) in [6.07, 6.45) is 0.911. The molecule has 2 N–H and O–H groups in total. The molecule has 1 amide bonds. The first kappa shape index (κ1) is 22.4. The molecule has 0 aliphatic rings. The lowest BCUT2D eigenvalue weighted by Gasteiger charge is -2.12. The van der Waals surface area contributed by atoms with Crippen molar-refractivity contribution >= 4 is 27.3 Å². The zero-order valence-corrected chi connectivity index (χ0v) is 18.6. The number of rotatable bonds is 8. The van der Waals surface area contributed by atoms with Gasteiger partial charge < -0.3 is 10.1 Å². The van der Waals surface area contributed by atoms with Crippen LogP contribution in [0.1, 0.15) is 34.8 Å². The molecular formula is C24H26N2O4S. The Hall–Kier alpha value is -3.32. The Morgan fingerprint density at radius 1 is 0.935 bits per heavy atom. The van der Waals surface area contributed by atoms with E-state index >= 15 is 0 Å². The van der Waals surface area contributed by atoms with Crippen LogP contribution in [0.25, 0.3) is 0 Å². The highest BCUT2D eigenvalue weighted by Crippen LogP contribution is 2.22. The van der Waals surface area contributed by atoms with Gasteiger partial charge in [0.05, 0.1) is 17.2 Å². The van der Waals surface area contributed by atoms with Gasteiger partial charge in [-0.1, -0.05) is 24.6 Å². The van der Waals surface area contributed by atoms with Gasteiger partial charge in [-0.25, -0.2) is 8.42 Å². The smallest absolute Gasteiger partial charge is 0.261 e. The van der Waals surface area contributed by atoms with Gasteiger partial charge in [-0.3, -0.25) is 9.52 Å². The van der Waals surface area contributed by atoms with E-state index in [-0.39, 0.29) is 10.8 Å². The number of hydrogen-bond acceptors (Lipinski definition) is 4. The van der Waals surface area contributed by atoms with Crippen LogP contribution in [0.15, 0.2) is 71.6 Å². The third-order valence-corrected chi connectivity index (χ3v) is 6.02. The molecule has 31 heavy (non-hydrogen) atoms. The molecule has 0 radical (unpaired) electrons. The van der Waals surface area contributed by atoms with E-state index in [0.29, 0.717) is 29.3 Å². The molecule has 0 unspecified atom stereocenters. The summed E-state index contributed by atoms with van der Waals surface area (Å²) in [6.45, 7) is 6.45. The molecule has 162 valence electrons. The normalized spacial score (nSPS) is 11.1. The highest BCUT2D eigenvalue weighted by atomic mass is 32.2. The lowest BCUT2D eigenvalue weighted by molar-refractivity contribution is 0.102. The van der Waals surface area contributed by atoms with E-state index < -0.39 is 10.0 Å². The summed E-state index contributed by atoms with van der Waals surface area (Å²) >= 11 is 0. The molecule has 0 atom stereocenters. The van der Waals surface area contributed by atoms with Crippen molar-refractivity contribution < 1.29 is 17.9 Å². The summed E-state index contributed by atoms with van der Waals surface area (Å²) in [4.78, 5) is 12.6. The first-order valence-electron chi connectivity index (χ1n) is 10.0. The number of ether oxygens (including phenoxy) is 1. The molecule has 0 bridgehead atoms. The summed E-state index contributed by atoms with van der Waals surface area (Å²) in [5.74, 6) is 0.426. The summed E-state index contributed by atoms with van der Waals surface area (Å²) < 4.78 is 33.5. The van der Waals surface area contributed by atoms with Gasteiger partial charge in [-0.05, 0) is 80.4 Å². The van der Waals surface area contributed by atoms with Crippen molar-refractivity contribution in [2.75, 3.05) is 16.6 Å². The predicted octanol–water partition coefficient (Wildman–Crippen LogP) is 5.15. The van der Waals surface area contributed by atoms with Crippen LogP contribution in [-0.2, 0) is 10.0 Å². The lowest BCUT2D eigenvalue weighted by atomic mass is 10.1. The molecule has 0 heterocycles. The van der Waals surface area contributed by atoms with Gasteiger partial charge in [0.2, 0.25) is 0 Å². The third-order valence-electron chi connectivity index (χ3n) is 4.64. The van der Waals surface area contributed by atoms with Crippen LogP contribution in [0, 0.1) is 13.8 Å². The third kappa shape index (κ3) is 5.86. The van der Waals surface area contributed by atoms with Crippen molar-refractivity contribution in [2.24, 2.45) is 0 Å². The fourth-order valence-electron chi connectivity index (χ4n) is 2.97. The largest absolute Gasteiger partial charge is 0.494 e. The zero-order chi connectivity index (χ0) is 22.4. The first-order valence-corrected chi connectivity index (χ1v) is 11.5. The number of nitrogens with one attached hydrogen (secondary N) is 2. The Morgan fingerprint density at radius 3 is 2.23 bits per heavy atom. The average Bonchev–Trinajstić information content (AvgIpc) is 2.75. The highest BCUT2D eigenvalue weighted by molar-refractivity contribution is 7.92. The van der Waals surface area contributed by atoms with Gasteiger partial charge in [-0.2, -0.15) is 0 Å². The molecule has 0 saturated carbocycles. The van der Waals surface area contributed by atoms with Crippen LogP contribution in [0.4, 0.5) is 11.4 Å². The fraction of sp³-hybridized carbons (Fsp3) is 0.208. The Balaban J connectivity index is 1.67. The summed E-state index contributed by atoms with van der Waals surface area (Å²) in [5.41, 5.74) is 3.43. The molecule has 0 saturated heterocycles. The Kier molecular flexibility index (Phi) is 6.97. The molecule has 7 heteroatoms. The zero-order valence-electron chi connectivity index (χ0n) is 17.8. The van der Waals surface area contributed by atoms with Crippen molar-refractivity contribution in [3.63, 3.8) is 0 Å². The molecular weight excluding hydrogens is 412 g/mol. The van der Waals surface area contributed by atoms with Crippen molar-refractivity contribution in [1.82, 2.24) is 0 Å². The van der Waals surface area contributed by atoms with Crippen LogP contribution in [0.2, 0.25) is 0 Å². The number of sulfonamides is 1. The van der Waals surface area contributed by atoms with E-state index in [1.54, 1.807) is 42.5 Å². The summed E-state index contributed by atoms with van der Waals surface area (Å²) in [7, 11) is -3.74. The average molecular weight is 439 g/mol. The number of hydrogen-bond donors (Lipinski definition) is 2. The van der Waals surface area contributed by atoms with Crippen molar-refractivity contribution in [3.05, 3.63) is 83.4 Å². The maximum Gasteiger partial charge on any atom is 0.261 e. The van der Waals surface area contributed by atoms with Gasteiger partial charge >= 0.3 is 0 Å². The Labute approximate surface area is 183 Å². The minimum Gasteiger partial charge on any atom is -0.494 e. The number of carbonyl (C=O) groups is 1. The number of anilines is 2. The second-order valence-corrected chi connectivity index (χ2v) is 8.96. The molecule has 3 rings (SSSR count). The SMILES string of the molecule is CCCOc1ccc(C(=O)Nc2ccc(S(=O)(=O)Nc3ccc(C)cc3C)cc2)cc1. The molecule has 0 fully saturated rings. The topological polar surface area (TPSA) is 84.5 Å². The molecule has 0 aromatic heterocycles. The summed E-state index contributed by atoms with van der Waals surface area (Å²) in [5, 5.41) is 2.77. The standard InChI is InChI=1S/C24H26N2O4S/c1-4-15-30-21-10-6-19(7-11-21)24(27)25-20-8-12-22(13-9-20)31(28,29)26-23-14-5-17(2)16-18(23)3/h5-14,16,26H,4,15H2,1-3H3,(H,25,27). The van der Waals surface area contributed by atoms with Gasteiger partial charge in [0, 0.05) is 11.3 Å². The lowest BCUT2D eigenvalue weighted by Crippen LogP contribution is -2.14. The highest BCUT2D eigenvalue weighted by Gasteiger charge is 2.16. The first-order chi connectivity index (χ1) is 14.8. The maximum atomic E-state index is 12.7. The van der Waals surface area contributed by atoms with E-state index in [9.17, 15) is 13.2 Å².